The topological polar surface area (TPSA) is 74.0 Å². The molecule has 0 spiro atoms. The lowest BCUT2D eigenvalue weighted by Gasteiger charge is -2.07. The summed E-state index contributed by atoms with van der Waals surface area (Å²) >= 11 is 0. The number of hydrogen-bond donors (Lipinski definition) is 3. The van der Waals surface area contributed by atoms with Crippen LogP contribution in [-0.4, -0.2) is 16.8 Å². The second-order valence-corrected chi connectivity index (χ2v) is 5.05. The third kappa shape index (κ3) is 3.55. The molecule has 0 atom stereocenters. The molecular weight excluding hydrogens is 297 g/mol. The van der Waals surface area contributed by atoms with Gasteiger partial charge in [-0.2, -0.15) is 0 Å². The van der Waals surface area contributed by atoms with Crippen molar-refractivity contribution in [2.24, 2.45) is 0 Å². The van der Waals surface area contributed by atoms with E-state index in [1.807, 2.05) is 12.1 Å². The number of hydrogen-bond acceptors (Lipinski definition) is 2. The number of H-pyrrole nitrogens is 1. The van der Waals surface area contributed by atoms with E-state index in [0.29, 0.717) is 11.3 Å². The molecular formula is C17H14FN3O2. The van der Waals surface area contributed by atoms with Crippen molar-refractivity contribution < 1.29 is 14.0 Å². The quantitative estimate of drug-likeness (QED) is 0.650. The minimum Gasteiger partial charge on any atom is -0.361 e. The molecule has 3 aromatic rings. The number of rotatable bonds is 3. The fraction of sp³-hybridized carbons (Fsp3) is 0.0588. The summed E-state index contributed by atoms with van der Waals surface area (Å²) in [4.78, 5) is 26.7. The van der Waals surface area contributed by atoms with Crippen molar-refractivity contribution >= 4 is 28.4 Å². The van der Waals surface area contributed by atoms with Crippen LogP contribution >= 0.6 is 0 Å². The lowest BCUT2D eigenvalue weighted by molar-refractivity contribution is -0.136. The van der Waals surface area contributed by atoms with Crippen LogP contribution in [0.15, 0.2) is 54.7 Å². The van der Waals surface area contributed by atoms with E-state index in [1.54, 1.807) is 30.5 Å². The highest BCUT2D eigenvalue weighted by atomic mass is 19.1. The number of carbonyl (C=O) groups is 2. The van der Waals surface area contributed by atoms with Crippen molar-refractivity contribution in [3.8, 4) is 0 Å². The highest BCUT2D eigenvalue weighted by Gasteiger charge is 2.13. The van der Waals surface area contributed by atoms with Gasteiger partial charge in [0.25, 0.3) is 0 Å². The molecule has 3 N–H and O–H groups in total. The highest BCUT2D eigenvalue weighted by molar-refractivity contribution is 6.39. The summed E-state index contributed by atoms with van der Waals surface area (Å²) in [6.07, 6.45) is 1.79. The molecule has 2 aromatic carbocycles. The Balaban J connectivity index is 1.59. The van der Waals surface area contributed by atoms with Gasteiger partial charge in [-0.1, -0.05) is 12.1 Å². The Bertz CT molecular complexity index is 873. The van der Waals surface area contributed by atoms with Crippen LogP contribution in [0.3, 0.4) is 0 Å². The molecule has 0 aliphatic rings. The number of amides is 2. The van der Waals surface area contributed by atoms with Gasteiger partial charge >= 0.3 is 11.8 Å². The fourth-order valence-corrected chi connectivity index (χ4v) is 2.23. The van der Waals surface area contributed by atoms with Crippen LogP contribution in [-0.2, 0) is 16.1 Å². The molecule has 6 heteroatoms. The van der Waals surface area contributed by atoms with E-state index >= 15 is 0 Å². The molecule has 0 saturated carbocycles. The number of aromatic amines is 1. The molecule has 0 aliphatic heterocycles. The fourth-order valence-electron chi connectivity index (χ4n) is 2.23. The van der Waals surface area contributed by atoms with Gasteiger partial charge in [-0.3, -0.25) is 9.59 Å². The van der Waals surface area contributed by atoms with Gasteiger partial charge in [0.1, 0.15) is 5.82 Å². The van der Waals surface area contributed by atoms with Crippen LogP contribution in [0.25, 0.3) is 10.9 Å². The summed E-state index contributed by atoms with van der Waals surface area (Å²) in [6, 6.07) is 13.0. The number of benzene rings is 2. The summed E-state index contributed by atoms with van der Waals surface area (Å²) in [7, 11) is 0. The molecule has 0 fully saturated rings. The molecule has 0 saturated heterocycles. The minimum absolute atomic E-state index is 0.0842. The van der Waals surface area contributed by atoms with Crippen molar-refractivity contribution in [3.63, 3.8) is 0 Å². The first kappa shape index (κ1) is 14.8. The maximum absolute atomic E-state index is 13.0. The monoisotopic (exact) mass is 311 g/mol. The van der Waals surface area contributed by atoms with Gasteiger partial charge in [-0.25, -0.2) is 4.39 Å². The lowest BCUT2D eigenvalue weighted by Crippen LogP contribution is -2.34. The molecule has 23 heavy (non-hydrogen) atoms. The highest BCUT2D eigenvalue weighted by Crippen LogP contribution is 2.17. The third-order valence-corrected chi connectivity index (χ3v) is 3.36. The van der Waals surface area contributed by atoms with E-state index in [4.69, 9.17) is 0 Å². The molecule has 0 unspecified atom stereocenters. The Morgan fingerprint density at radius 3 is 2.74 bits per heavy atom. The molecule has 1 heterocycles. The van der Waals surface area contributed by atoms with E-state index in [1.165, 1.54) is 12.1 Å². The summed E-state index contributed by atoms with van der Waals surface area (Å²) < 4.78 is 13.0. The zero-order valence-corrected chi connectivity index (χ0v) is 12.1. The van der Waals surface area contributed by atoms with E-state index in [2.05, 4.69) is 15.6 Å². The number of carbonyl (C=O) groups excluding carboxylic acids is 2. The Morgan fingerprint density at radius 1 is 1.04 bits per heavy atom. The Morgan fingerprint density at radius 2 is 1.91 bits per heavy atom. The Kier molecular flexibility index (Phi) is 4.05. The van der Waals surface area contributed by atoms with Gasteiger partial charge in [0.2, 0.25) is 0 Å². The summed E-state index contributed by atoms with van der Waals surface area (Å²) in [5.74, 6) is -1.93. The second kappa shape index (κ2) is 6.31. The zero-order chi connectivity index (χ0) is 16.2. The van der Waals surface area contributed by atoms with Crippen LogP contribution in [0.1, 0.15) is 5.56 Å². The van der Waals surface area contributed by atoms with Crippen molar-refractivity contribution in [2.45, 2.75) is 6.54 Å². The first-order valence-electron chi connectivity index (χ1n) is 7.02. The molecule has 3 rings (SSSR count). The standard InChI is InChI=1S/C17H14FN3O2/c18-13-3-1-2-11(8-13)10-20-16(22)17(23)21-14-4-5-15-12(9-14)6-7-19-15/h1-9,19H,10H2,(H,20,22)(H,21,23). The second-order valence-electron chi connectivity index (χ2n) is 5.05. The van der Waals surface area contributed by atoms with Crippen molar-refractivity contribution in [1.29, 1.82) is 0 Å². The maximum Gasteiger partial charge on any atom is 0.313 e. The van der Waals surface area contributed by atoms with Crippen molar-refractivity contribution in [2.75, 3.05) is 5.32 Å². The van der Waals surface area contributed by atoms with Gasteiger partial charge in [0.05, 0.1) is 0 Å². The van der Waals surface area contributed by atoms with Gasteiger partial charge in [0, 0.05) is 29.3 Å². The first-order chi connectivity index (χ1) is 11.1. The third-order valence-electron chi connectivity index (χ3n) is 3.36. The average molecular weight is 311 g/mol. The number of halogens is 1. The molecule has 116 valence electrons. The van der Waals surface area contributed by atoms with Crippen molar-refractivity contribution in [1.82, 2.24) is 10.3 Å². The van der Waals surface area contributed by atoms with Gasteiger partial charge in [-0.15, -0.1) is 0 Å². The van der Waals surface area contributed by atoms with Crippen LogP contribution in [0.2, 0.25) is 0 Å². The molecule has 0 aliphatic carbocycles. The first-order valence-corrected chi connectivity index (χ1v) is 7.02. The van der Waals surface area contributed by atoms with Gasteiger partial charge < -0.3 is 15.6 Å². The van der Waals surface area contributed by atoms with Crippen LogP contribution in [0.5, 0.6) is 0 Å². The predicted molar refractivity (Wildman–Crippen MR) is 85.2 cm³/mol. The van der Waals surface area contributed by atoms with Crippen molar-refractivity contribution in [3.05, 3.63) is 66.1 Å². The molecule has 0 bridgehead atoms. The van der Waals surface area contributed by atoms with Gasteiger partial charge in [-0.05, 0) is 42.0 Å². The molecule has 1 aromatic heterocycles. The summed E-state index contributed by atoms with van der Waals surface area (Å²) in [5, 5.41) is 5.92. The summed E-state index contributed by atoms with van der Waals surface area (Å²) in [6.45, 7) is 0.0842. The lowest BCUT2D eigenvalue weighted by atomic mass is 10.2. The Hall–Kier alpha value is -3.15. The van der Waals surface area contributed by atoms with Crippen LogP contribution in [0, 0.1) is 5.82 Å². The summed E-state index contributed by atoms with van der Waals surface area (Å²) in [5.41, 5.74) is 2.06. The number of anilines is 1. The smallest absolute Gasteiger partial charge is 0.313 e. The Labute approximate surface area is 131 Å². The van der Waals surface area contributed by atoms with E-state index < -0.39 is 11.8 Å². The maximum atomic E-state index is 13.0. The van der Waals surface area contributed by atoms with Crippen LogP contribution in [0.4, 0.5) is 10.1 Å². The average Bonchev–Trinajstić information content (AvgIpc) is 3.00. The van der Waals surface area contributed by atoms with Gasteiger partial charge in [0.15, 0.2) is 0 Å². The molecule has 5 nitrogen and oxygen atoms in total. The zero-order valence-electron chi connectivity index (χ0n) is 12.1. The predicted octanol–water partition coefficient (Wildman–Crippen LogP) is 2.56. The molecule has 2 amide bonds. The van der Waals surface area contributed by atoms with E-state index in [0.717, 1.165) is 10.9 Å². The number of aromatic nitrogens is 1. The van der Waals surface area contributed by atoms with Crippen LogP contribution < -0.4 is 10.6 Å². The largest absolute Gasteiger partial charge is 0.361 e. The normalized spacial score (nSPS) is 10.5. The number of nitrogens with one attached hydrogen (secondary N) is 3. The minimum atomic E-state index is -0.775. The van der Waals surface area contributed by atoms with E-state index in [-0.39, 0.29) is 12.4 Å². The SMILES string of the molecule is O=C(NCc1cccc(F)c1)C(=O)Nc1ccc2[nH]ccc2c1. The van der Waals surface area contributed by atoms with E-state index in [9.17, 15) is 14.0 Å². The number of fused-ring (bicyclic) bond motifs is 1. The molecule has 0 radical (unpaired) electrons.